The second kappa shape index (κ2) is 8.01. The Bertz CT molecular complexity index is 889. The van der Waals surface area contributed by atoms with Crippen molar-refractivity contribution < 1.29 is 13.6 Å². The summed E-state index contributed by atoms with van der Waals surface area (Å²) in [4.78, 5) is 17.1. The molecule has 0 radical (unpaired) electrons. The maximum atomic E-state index is 12.7. The van der Waals surface area contributed by atoms with E-state index < -0.39 is 24.9 Å². The third-order valence-electron chi connectivity index (χ3n) is 5.00. The van der Waals surface area contributed by atoms with E-state index in [4.69, 9.17) is 11.6 Å². The molecule has 1 aromatic carbocycles. The van der Waals surface area contributed by atoms with Gasteiger partial charge < -0.3 is 16.0 Å². The van der Waals surface area contributed by atoms with Gasteiger partial charge in [-0.2, -0.15) is 0 Å². The summed E-state index contributed by atoms with van der Waals surface area (Å²) in [6.07, 6.45) is 1.23. The van der Waals surface area contributed by atoms with Crippen LogP contribution >= 0.6 is 11.6 Å². The number of carbonyl (C=O) groups excluding carboxylic acids is 1. The SMILES string of the molecule is O=C(NCC(F)F)[C@H](Nc1cnc2c(c1)CNC2)c1cc(Cl)cc(C2CC2)c1. The fourth-order valence-corrected chi connectivity index (χ4v) is 3.70. The quantitative estimate of drug-likeness (QED) is 0.655. The number of nitrogens with zero attached hydrogens (tertiary/aromatic N) is 1. The number of hydrogen-bond acceptors (Lipinski definition) is 4. The summed E-state index contributed by atoms with van der Waals surface area (Å²) >= 11 is 6.28. The Kier molecular flexibility index (Phi) is 5.46. The van der Waals surface area contributed by atoms with Crippen molar-refractivity contribution in [3.63, 3.8) is 0 Å². The van der Waals surface area contributed by atoms with Crippen LogP contribution in [0.1, 0.15) is 47.2 Å². The van der Waals surface area contributed by atoms with Crippen molar-refractivity contribution >= 4 is 23.2 Å². The topological polar surface area (TPSA) is 66.0 Å². The molecule has 8 heteroatoms. The minimum absolute atomic E-state index is 0.454. The Balaban J connectivity index is 1.63. The monoisotopic (exact) mass is 406 g/mol. The molecule has 5 nitrogen and oxygen atoms in total. The van der Waals surface area contributed by atoms with Gasteiger partial charge in [0.05, 0.1) is 24.1 Å². The number of aromatic nitrogens is 1. The largest absolute Gasteiger partial charge is 0.369 e. The number of carbonyl (C=O) groups is 1. The lowest BCUT2D eigenvalue weighted by Crippen LogP contribution is -2.36. The molecule has 1 aromatic heterocycles. The van der Waals surface area contributed by atoms with Crippen LogP contribution < -0.4 is 16.0 Å². The fourth-order valence-electron chi connectivity index (χ4n) is 3.45. The zero-order valence-corrected chi connectivity index (χ0v) is 15.9. The molecule has 2 heterocycles. The average Bonchev–Trinajstić information content (AvgIpc) is 3.41. The standard InChI is InChI=1S/C20H21ClF2N4O/c21-15-4-12(11-1-2-11)3-13(5-15)19(20(28)26-10-18(22)23)27-16-6-14-7-24-9-17(14)25-8-16/h3-6,8,11,18-19,24,27H,1-2,7,9-10H2,(H,26,28)/t19-/m1/s1. The zero-order valence-electron chi connectivity index (χ0n) is 15.1. The van der Waals surface area contributed by atoms with Crippen LogP contribution in [0.15, 0.2) is 30.5 Å². The first-order valence-corrected chi connectivity index (χ1v) is 9.68. The third kappa shape index (κ3) is 4.42. The van der Waals surface area contributed by atoms with Gasteiger partial charge in [-0.25, -0.2) is 8.78 Å². The maximum absolute atomic E-state index is 12.7. The molecule has 1 aliphatic heterocycles. The normalized spacial score (nSPS) is 16.7. The number of alkyl halides is 2. The summed E-state index contributed by atoms with van der Waals surface area (Å²) in [5.41, 5.74) is 4.42. The van der Waals surface area contributed by atoms with Gasteiger partial charge in [0.1, 0.15) is 6.04 Å². The van der Waals surface area contributed by atoms with Crippen LogP contribution in [-0.2, 0) is 17.9 Å². The highest BCUT2D eigenvalue weighted by Crippen LogP contribution is 2.42. The van der Waals surface area contributed by atoms with Gasteiger partial charge in [0.2, 0.25) is 5.91 Å². The van der Waals surface area contributed by atoms with E-state index in [0.717, 1.165) is 29.7 Å². The molecule has 0 saturated heterocycles. The molecule has 2 aliphatic rings. The number of benzene rings is 1. The van der Waals surface area contributed by atoms with Gasteiger partial charge in [0.25, 0.3) is 6.43 Å². The summed E-state index contributed by atoms with van der Waals surface area (Å²) in [6.45, 7) is 0.732. The highest BCUT2D eigenvalue weighted by atomic mass is 35.5. The number of fused-ring (bicyclic) bond motifs is 1. The van der Waals surface area contributed by atoms with Crippen molar-refractivity contribution in [2.75, 3.05) is 11.9 Å². The van der Waals surface area contributed by atoms with Gasteiger partial charge >= 0.3 is 0 Å². The van der Waals surface area contributed by atoms with E-state index in [0.29, 0.717) is 35.3 Å². The lowest BCUT2D eigenvalue weighted by Gasteiger charge is -2.21. The molecule has 2 aromatic rings. The Morgan fingerprint density at radius 1 is 1.25 bits per heavy atom. The van der Waals surface area contributed by atoms with Crippen molar-refractivity contribution in [2.24, 2.45) is 0 Å². The molecule has 1 atom stereocenters. The molecule has 3 N–H and O–H groups in total. The van der Waals surface area contributed by atoms with Gasteiger partial charge in [-0.3, -0.25) is 9.78 Å². The molecule has 4 rings (SSSR count). The number of pyridine rings is 1. The summed E-state index contributed by atoms with van der Waals surface area (Å²) in [5.74, 6) is -0.0714. The van der Waals surface area contributed by atoms with Crippen molar-refractivity contribution in [3.05, 3.63) is 57.9 Å². The molecule has 1 fully saturated rings. The predicted molar refractivity (Wildman–Crippen MR) is 104 cm³/mol. The Morgan fingerprint density at radius 2 is 2.07 bits per heavy atom. The summed E-state index contributed by atoms with van der Waals surface area (Å²) < 4.78 is 25.2. The fraction of sp³-hybridized carbons (Fsp3) is 0.400. The van der Waals surface area contributed by atoms with Gasteiger partial charge in [0, 0.05) is 18.1 Å². The maximum Gasteiger partial charge on any atom is 0.255 e. The van der Waals surface area contributed by atoms with Gasteiger partial charge in [-0.1, -0.05) is 17.7 Å². The Labute approximate surface area is 166 Å². The molecule has 0 unspecified atom stereocenters. The molecule has 0 spiro atoms. The van der Waals surface area contributed by atoms with Crippen LogP contribution in [0.4, 0.5) is 14.5 Å². The number of anilines is 1. The second-order valence-electron chi connectivity index (χ2n) is 7.24. The predicted octanol–water partition coefficient (Wildman–Crippen LogP) is 3.75. The summed E-state index contributed by atoms with van der Waals surface area (Å²) in [7, 11) is 0. The first-order chi connectivity index (χ1) is 13.5. The molecular weight excluding hydrogens is 386 g/mol. The minimum atomic E-state index is -2.61. The molecule has 148 valence electrons. The lowest BCUT2D eigenvalue weighted by atomic mass is 10.0. The first kappa shape index (κ1) is 19.1. The van der Waals surface area contributed by atoms with E-state index in [1.807, 2.05) is 18.2 Å². The molecule has 28 heavy (non-hydrogen) atoms. The van der Waals surface area contributed by atoms with Gasteiger partial charge in [-0.15, -0.1) is 0 Å². The number of rotatable bonds is 7. The van der Waals surface area contributed by atoms with E-state index in [1.54, 1.807) is 12.3 Å². The smallest absolute Gasteiger partial charge is 0.255 e. The minimum Gasteiger partial charge on any atom is -0.369 e. The molecule has 0 bridgehead atoms. The average molecular weight is 407 g/mol. The van der Waals surface area contributed by atoms with Crippen molar-refractivity contribution in [3.8, 4) is 0 Å². The number of halogens is 3. The first-order valence-electron chi connectivity index (χ1n) is 9.31. The summed E-state index contributed by atoms with van der Waals surface area (Å²) in [5, 5.41) is 9.22. The van der Waals surface area contributed by atoms with Crippen LogP contribution in [0.5, 0.6) is 0 Å². The number of hydrogen-bond donors (Lipinski definition) is 3. The van der Waals surface area contributed by atoms with E-state index in [-0.39, 0.29) is 0 Å². The van der Waals surface area contributed by atoms with E-state index in [2.05, 4.69) is 20.9 Å². The Hall–Kier alpha value is -2.25. The lowest BCUT2D eigenvalue weighted by molar-refractivity contribution is -0.122. The summed E-state index contributed by atoms with van der Waals surface area (Å²) in [6, 6.07) is 6.63. The van der Waals surface area contributed by atoms with Crippen molar-refractivity contribution in [1.29, 1.82) is 0 Å². The third-order valence-corrected chi connectivity index (χ3v) is 5.21. The Morgan fingerprint density at radius 3 is 2.82 bits per heavy atom. The second-order valence-corrected chi connectivity index (χ2v) is 7.68. The highest BCUT2D eigenvalue weighted by molar-refractivity contribution is 6.30. The van der Waals surface area contributed by atoms with E-state index in [1.165, 1.54) is 0 Å². The van der Waals surface area contributed by atoms with E-state index >= 15 is 0 Å². The van der Waals surface area contributed by atoms with Gasteiger partial charge in [0.15, 0.2) is 0 Å². The van der Waals surface area contributed by atoms with Crippen LogP contribution in [0.25, 0.3) is 0 Å². The van der Waals surface area contributed by atoms with Crippen LogP contribution in [0.3, 0.4) is 0 Å². The molecule has 1 saturated carbocycles. The van der Waals surface area contributed by atoms with Gasteiger partial charge in [-0.05, 0) is 53.6 Å². The molecule has 1 amide bonds. The number of amides is 1. The zero-order chi connectivity index (χ0) is 19.7. The highest BCUT2D eigenvalue weighted by Gasteiger charge is 2.28. The molecular formula is C20H21ClF2N4O. The van der Waals surface area contributed by atoms with E-state index in [9.17, 15) is 13.6 Å². The van der Waals surface area contributed by atoms with Crippen molar-refractivity contribution in [1.82, 2.24) is 15.6 Å². The number of nitrogens with one attached hydrogen (secondary N) is 3. The van der Waals surface area contributed by atoms with Crippen molar-refractivity contribution in [2.45, 2.75) is 44.3 Å². The molecule has 1 aliphatic carbocycles. The van der Waals surface area contributed by atoms with Crippen LogP contribution in [0, 0.1) is 0 Å². The van der Waals surface area contributed by atoms with Crippen LogP contribution in [0.2, 0.25) is 5.02 Å². The van der Waals surface area contributed by atoms with Crippen LogP contribution in [-0.4, -0.2) is 23.9 Å².